The van der Waals surface area contributed by atoms with Crippen molar-refractivity contribution in [2.75, 3.05) is 52.5 Å². The number of nitrogens with zero attached hydrogens (tertiary/aromatic N) is 2. The Labute approximate surface area is 139 Å². The van der Waals surface area contributed by atoms with Gasteiger partial charge in [0.1, 0.15) is 0 Å². The Kier molecular flexibility index (Phi) is 8.94. The zero-order chi connectivity index (χ0) is 17.2. The van der Waals surface area contributed by atoms with Crippen molar-refractivity contribution in [3.63, 3.8) is 0 Å². The molecule has 7 heteroatoms. The Bertz CT molecular complexity index is 366. The molecule has 2 N–H and O–H groups in total. The van der Waals surface area contributed by atoms with Crippen LogP contribution in [0.1, 0.15) is 27.7 Å². The lowest BCUT2D eigenvalue weighted by atomic mass is 10.2. The first-order valence-electron chi connectivity index (χ1n) is 8.50. The number of urea groups is 1. The molecule has 1 aliphatic rings. The normalized spacial score (nSPS) is 16.0. The van der Waals surface area contributed by atoms with Crippen LogP contribution >= 0.6 is 0 Å². The zero-order valence-corrected chi connectivity index (χ0v) is 14.9. The molecule has 1 heterocycles. The highest BCUT2D eigenvalue weighted by molar-refractivity contribution is 5.78. The van der Waals surface area contributed by atoms with Crippen molar-refractivity contribution in [3.05, 3.63) is 0 Å². The smallest absolute Gasteiger partial charge is 0.317 e. The van der Waals surface area contributed by atoms with Crippen molar-refractivity contribution in [1.29, 1.82) is 0 Å². The third kappa shape index (κ3) is 8.76. The molecule has 3 amide bonds. The molecule has 23 heavy (non-hydrogen) atoms. The molecule has 7 nitrogen and oxygen atoms in total. The van der Waals surface area contributed by atoms with E-state index in [-0.39, 0.29) is 18.0 Å². The Morgan fingerprint density at radius 2 is 1.74 bits per heavy atom. The lowest BCUT2D eigenvalue weighted by molar-refractivity contribution is -0.123. The molecule has 0 unspecified atom stereocenters. The molecule has 1 fully saturated rings. The van der Waals surface area contributed by atoms with Crippen molar-refractivity contribution < 1.29 is 14.3 Å². The van der Waals surface area contributed by atoms with Crippen LogP contribution in [0, 0.1) is 5.92 Å². The first-order valence-corrected chi connectivity index (χ1v) is 8.50. The van der Waals surface area contributed by atoms with Crippen LogP contribution in [0.25, 0.3) is 0 Å². The molecule has 1 aliphatic heterocycles. The van der Waals surface area contributed by atoms with Crippen LogP contribution in [0.15, 0.2) is 0 Å². The van der Waals surface area contributed by atoms with E-state index in [9.17, 15) is 9.59 Å². The monoisotopic (exact) mass is 328 g/mol. The number of amides is 3. The van der Waals surface area contributed by atoms with Gasteiger partial charge >= 0.3 is 6.03 Å². The second-order valence-corrected chi connectivity index (χ2v) is 6.69. The van der Waals surface area contributed by atoms with Crippen molar-refractivity contribution in [1.82, 2.24) is 20.4 Å². The summed E-state index contributed by atoms with van der Waals surface area (Å²) >= 11 is 0. The lowest BCUT2D eigenvalue weighted by Gasteiger charge is -2.34. The number of ether oxygens (including phenoxy) is 1. The summed E-state index contributed by atoms with van der Waals surface area (Å²) in [5, 5.41) is 5.76. The van der Waals surface area contributed by atoms with Gasteiger partial charge in [-0.25, -0.2) is 4.79 Å². The second-order valence-electron chi connectivity index (χ2n) is 6.69. The van der Waals surface area contributed by atoms with E-state index in [1.54, 1.807) is 4.90 Å². The minimum absolute atomic E-state index is 0.0419. The highest BCUT2D eigenvalue weighted by atomic mass is 16.5. The van der Waals surface area contributed by atoms with Crippen molar-refractivity contribution in [3.8, 4) is 0 Å². The van der Waals surface area contributed by atoms with Gasteiger partial charge in [-0.1, -0.05) is 13.8 Å². The molecule has 1 saturated heterocycles. The maximum absolute atomic E-state index is 12.0. The van der Waals surface area contributed by atoms with Gasteiger partial charge in [0.25, 0.3) is 0 Å². The predicted octanol–water partition coefficient (Wildman–Crippen LogP) is 0.511. The first-order chi connectivity index (χ1) is 10.9. The van der Waals surface area contributed by atoms with E-state index in [0.717, 1.165) is 13.1 Å². The first kappa shape index (κ1) is 19.7. The zero-order valence-electron chi connectivity index (χ0n) is 14.9. The third-order valence-corrected chi connectivity index (χ3v) is 3.45. The lowest BCUT2D eigenvalue weighted by Crippen LogP contribution is -2.54. The number of hydrogen-bond acceptors (Lipinski definition) is 4. The minimum Gasteiger partial charge on any atom is -0.379 e. The van der Waals surface area contributed by atoms with Crippen molar-refractivity contribution in [2.45, 2.75) is 33.7 Å². The van der Waals surface area contributed by atoms with E-state index < -0.39 is 0 Å². The van der Waals surface area contributed by atoms with Crippen molar-refractivity contribution >= 4 is 11.9 Å². The second kappa shape index (κ2) is 10.4. The van der Waals surface area contributed by atoms with Crippen LogP contribution in [0.3, 0.4) is 0 Å². The van der Waals surface area contributed by atoms with Gasteiger partial charge < -0.3 is 20.3 Å². The van der Waals surface area contributed by atoms with Gasteiger partial charge in [0.05, 0.1) is 13.2 Å². The molecule has 0 radical (unpaired) electrons. The summed E-state index contributed by atoms with van der Waals surface area (Å²) in [4.78, 5) is 27.6. The average Bonchev–Trinajstić information content (AvgIpc) is 2.46. The standard InChI is InChI=1S/C16H32N4O3/c1-13(2)12-23-10-5-17-16(22)20-8-6-19(7-9-20)11-15(21)18-14(3)4/h13-14H,5-12H2,1-4H3,(H,17,22)(H,18,21). The summed E-state index contributed by atoms with van der Waals surface area (Å²) in [7, 11) is 0. The van der Waals surface area contributed by atoms with Gasteiger partial charge in [0, 0.05) is 45.4 Å². The van der Waals surface area contributed by atoms with E-state index in [2.05, 4.69) is 29.4 Å². The maximum Gasteiger partial charge on any atom is 0.317 e. The Morgan fingerprint density at radius 3 is 2.30 bits per heavy atom. The van der Waals surface area contributed by atoms with Crippen LogP contribution in [0.4, 0.5) is 4.79 Å². The Hall–Kier alpha value is -1.34. The van der Waals surface area contributed by atoms with Crippen LogP contribution in [-0.2, 0) is 9.53 Å². The van der Waals surface area contributed by atoms with Gasteiger partial charge in [-0.2, -0.15) is 0 Å². The Balaban J connectivity index is 2.15. The van der Waals surface area contributed by atoms with Gasteiger partial charge in [-0.3, -0.25) is 9.69 Å². The van der Waals surface area contributed by atoms with E-state index >= 15 is 0 Å². The minimum atomic E-state index is -0.0515. The van der Waals surface area contributed by atoms with Crippen LogP contribution < -0.4 is 10.6 Å². The van der Waals surface area contributed by atoms with E-state index in [1.165, 1.54) is 0 Å². The van der Waals surface area contributed by atoms with Crippen LogP contribution in [0.5, 0.6) is 0 Å². The van der Waals surface area contributed by atoms with Crippen LogP contribution in [-0.4, -0.2) is 80.3 Å². The highest BCUT2D eigenvalue weighted by Gasteiger charge is 2.22. The van der Waals surface area contributed by atoms with Gasteiger partial charge in [0.2, 0.25) is 5.91 Å². The Morgan fingerprint density at radius 1 is 1.09 bits per heavy atom. The molecule has 0 atom stereocenters. The quantitative estimate of drug-likeness (QED) is 0.637. The van der Waals surface area contributed by atoms with Gasteiger partial charge in [-0.05, 0) is 19.8 Å². The summed E-state index contributed by atoms with van der Waals surface area (Å²) in [5.74, 6) is 0.548. The molecule has 0 aromatic heterocycles. The van der Waals surface area contributed by atoms with E-state index in [4.69, 9.17) is 4.74 Å². The largest absolute Gasteiger partial charge is 0.379 e. The molecule has 0 aromatic rings. The highest BCUT2D eigenvalue weighted by Crippen LogP contribution is 2.02. The number of carbonyl (C=O) groups is 2. The fourth-order valence-electron chi connectivity index (χ4n) is 2.34. The fourth-order valence-corrected chi connectivity index (χ4v) is 2.34. The van der Waals surface area contributed by atoms with Crippen molar-refractivity contribution in [2.24, 2.45) is 5.92 Å². The summed E-state index contributed by atoms with van der Waals surface area (Å²) < 4.78 is 5.44. The molecule has 134 valence electrons. The number of hydrogen-bond donors (Lipinski definition) is 2. The van der Waals surface area contributed by atoms with Crippen LogP contribution in [0.2, 0.25) is 0 Å². The number of nitrogens with one attached hydrogen (secondary N) is 2. The summed E-state index contributed by atoms with van der Waals surface area (Å²) in [5.41, 5.74) is 0. The fraction of sp³-hybridized carbons (Fsp3) is 0.875. The summed E-state index contributed by atoms with van der Waals surface area (Å²) in [6, 6.07) is 0.108. The molecule has 0 saturated carbocycles. The topological polar surface area (TPSA) is 73.9 Å². The SMILES string of the molecule is CC(C)COCCNC(=O)N1CCN(CC(=O)NC(C)C)CC1. The summed E-state index contributed by atoms with van der Waals surface area (Å²) in [6.45, 7) is 13.0. The van der Waals surface area contributed by atoms with E-state index in [1.807, 2.05) is 13.8 Å². The van der Waals surface area contributed by atoms with Gasteiger partial charge in [0.15, 0.2) is 0 Å². The van der Waals surface area contributed by atoms with Gasteiger partial charge in [-0.15, -0.1) is 0 Å². The summed E-state index contributed by atoms with van der Waals surface area (Å²) in [6.07, 6.45) is 0. The maximum atomic E-state index is 12.0. The van der Waals surface area contributed by atoms with E-state index in [0.29, 0.717) is 45.3 Å². The number of carbonyl (C=O) groups excluding carboxylic acids is 2. The molecule has 0 bridgehead atoms. The number of piperazine rings is 1. The molecule has 0 aromatic carbocycles. The molecular formula is C16H32N4O3. The molecule has 1 rings (SSSR count). The third-order valence-electron chi connectivity index (χ3n) is 3.45. The predicted molar refractivity (Wildman–Crippen MR) is 90.3 cm³/mol. The molecular weight excluding hydrogens is 296 g/mol. The molecule has 0 aliphatic carbocycles. The average molecular weight is 328 g/mol. The molecule has 0 spiro atoms. The number of rotatable bonds is 8.